The molecular weight excluding hydrogens is 306 g/mol. The number of methoxy groups -OCH3 is 1. The van der Waals surface area contributed by atoms with E-state index in [0.717, 1.165) is 11.3 Å². The molecule has 0 amide bonds. The predicted octanol–water partition coefficient (Wildman–Crippen LogP) is 3.22. The van der Waals surface area contributed by atoms with Gasteiger partial charge in [0.25, 0.3) is 0 Å². The zero-order chi connectivity index (χ0) is 17.8. The van der Waals surface area contributed by atoms with Crippen molar-refractivity contribution in [2.75, 3.05) is 20.3 Å². The first-order chi connectivity index (χ1) is 11.4. The van der Waals surface area contributed by atoms with Crippen molar-refractivity contribution in [3.05, 3.63) is 29.8 Å². The van der Waals surface area contributed by atoms with Crippen molar-refractivity contribution in [2.24, 2.45) is 5.92 Å². The van der Waals surface area contributed by atoms with E-state index >= 15 is 0 Å². The van der Waals surface area contributed by atoms with Gasteiger partial charge < -0.3 is 14.2 Å². The smallest absolute Gasteiger partial charge is 0.324 e. The molecule has 0 N–H and O–H groups in total. The van der Waals surface area contributed by atoms with Crippen molar-refractivity contribution < 1.29 is 19.0 Å². The van der Waals surface area contributed by atoms with E-state index < -0.39 is 22.9 Å². The zero-order valence-electron chi connectivity index (χ0n) is 14.8. The fourth-order valence-electron chi connectivity index (χ4n) is 3.62. The number of carbonyl (C=O) groups is 1. The minimum absolute atomic E-state index is 0.260. The van der Waals surface area contributed by atoms with Crippen molar-refractivity contribution in [1.82, 2.24) is 0 Å². The highest BCUT2D eigenvalue weighted by Gasteiger charge is 2.51. The average molecular weight is 331 g/mol. The molecule has 1 aromatic rings. The molecular formula is C19H25NO4. The number of ether oxygens (including phenoxy) is 3. The number of benzene rings is 1. The Morgan fingerprint density at radius 2 is 2.04 bits per heavy atom. The minimum atomic E-state index is -0.867. The summed E-state index contributed by atoms with van der Waals surface area (Å²) in [6.07, 6.45) is 1.17. The third-order valence-electron chi connectivity index (χ3n) is 4.65. The quantitative estimate of drug-likeness (QED) is 0.775. The molecule has 5 nitrogen and oxygen atoms in total. The summed E-state index contributed by atoms with van der Waals surface area (Å²) < 4.78 is 16.2. The SMILES string of the molecule is CCOC(=O)[C@H](C#N)[C@]1(c2ccc(OC)cc2)CCOC(C)(C)C1. The van der Waals surface area contributed by atoms with Crippen LogP contribution >= 0.6 is 0 Å². The molecule has 2 atom stereocenters. The predicted molar refractivity (Wildman–Crippen MR) is 89.7 cm³/mol. The Morgan fingerprint density at radius 1 is 1.38 bits per heavy atom. The Bertz CT molecular complexity index is 617. The lowest BCUT2D eigenvalue weighted by molar-refractivity contribution is -0.153. The largest absolute Gasteiger partial charge is 0.497 e. The van der Waals surface area contributed by atoms with Crippen LogP contribution in [0.15, 0.2) is 24.3 Å². The van der Waals surface area contributed by atoms with Crippen LogP contribution < -0.4 is 4.74 Å². The van der Waals surface area contributed by atoms with Gasteiger partial charge in [0.15, 0.2) is 5.92 Å². The summed E-state index contributed by atoms with van der Waals surface area (Å²) >= 11 is 0. The zero-order valence-corrected chi connectivity index (χ0v) is 14.8. The van der Waals surface area contributed by atoms with Gasteiger partial charge in [-0.2, -0.15) is 5.26 Å². The standard InChI is InChI=1S/C19H25NO4/c1-5-23-17(21)16(12-20)19(10-11-24-18(2,3)13-19)14-6-8-15(22-4)9-7-14/h6-9,16H,5,10-11,13H2,1-4H3/t16-,19+/m0/s1. The van der Waals surface area contributed by atoms with E-state index in [9.17, 15) is 10.1 Å². The fraction of sp³-hybridized carbons (Fsp3) is 0.579. The molecule has 130 valence electrons. The van der Waals surface area contributed by atoms with Crippen LogP contribution in [-0.2, 0) is 19.7 Å². The van der Waals surface area contributed by atoms with Crippen LogP contribution in [-0.4, -0.2) is 31.9 Å². The first-order valence-electron chi connectivity index (χ1n) is 8.23. The lowest BCUT2D eigenvalue weighted by atomic mass is 9.62. The average Bonchev–Trinajstić information content (AvgIpc) is 2.55. The topological polar surface area (TPSA) is 68.6 Å². The van der Waals surface area contributed by atoms with Gasteiger partial charge in [0, 0.05) is 12.0 Å². The molecule has 0 spiro atoms. The molecule has 0 bridgehead atoms. The van der Waals surface area contributed by atoms with Gasteiger partial charge in [0.2, 0.25) is 0 Å². The monoisotopic (exact) mass is 331 g/mol. The Balaban J connectivity index is 2.51. The van der Waals surface area contributed by atoms with Gasteiger partial charge in [-0.25, -0.2) is 0 Å². The first-order valence-corrected chi connectivity index (χ1v) is 8.23. The second kappa shape index (κ2) is 7.23. The molecule has 1 saturated heterocycles. The maximum atomic E-state index is 12.5. The van der Waals surface area contributed by atoms with Crippen LogP contribution in [0.5, 0.6) is 5.75 Å². The highest BCUT2D eigenvalue weighted by atomic mass is 16.5. The number of esters is 1. The van der Waals surface area contributed by atoms with E-state index in [4.69, 9.17) is 14.2 Å². The number of rotatable bonds is 5. The number of hydrogen-bond acceptors (Lipinski definition) is 5. The number of carbonyl (C=O) groups excluding carboxylic acids is 1. The molecule has 2 rings (SSSR count). The van der Waals surface area contributed by atoms with Gasteiger partial charge in [0.05, 0.1) is 25.4 Å². The Labute approximate surface area is 143 Å². The van der Waals surface area contributed by atoms with Crippen LogP contribution in [0, 0.1) is 17.2 Å². The summed E-state index contributed by atoms with van der Waals surface area (Å²) in [7, 11) is 1.61. The van der Waals surface area contributed by atoms with Crippen molar-refractivity contribution in [3.63, 3.8) is 0 Å². The molecule has 5 heteroatoms. The van der Waals surface area contributed by atoms with Gasteiger partial charge >= 0.3 is 5.97 Å². The number of nitriles is 1. The Hall–Kier alpha value is -2.06. The van der Waals surface area contributed by atoms with E-state index in [1.807, 2.05) is 38.1 Å². The van der Waals surface area contributed by atoms with Crippen LogP contribution in [0.25, 0.3) is 0 Å². The Morgan fingerprint density at radius 3 is 2.54 bits per heavy atom. The molecule has 1 heterocycles. The summed E-state index contributed by atoms with van der Waals surface area (Å²) in [5, 5.41) is 9.76. The van der Waals surface area contributed by atoms with Crippen LogP contribution in [0.4, 0.5) is 0 Å². The third-order valence-corrected chi connectivity index (χ3v) is 4.65. The molecule has 0 aromatic heterocycles. The van der Waals surface area contributed by atoms with Crippen molar-refractivity contribution in [1.29, 1.82) is 5.26 Å². The number of nitrogens with zero attached hydrogens (tertiary/aromatic N) is 1. The van der Waals surface area contributed by atoms with Crippen molar-refractivity contribution >= 4 is 5.97 Å². The maximum Gasteiger partial charge on any atom is 0.324 e. The summed E-state index contributed by atoms with van der Waals surface area (Å²) in [6.45, 7) is 6.49. The lowest BCUT2D eigenvalue weighted by Gasteiger charge is -2.46. The van der Waals surface area contributed by atoms with Crippen LogP contribution in [0.1, 0.15) is 39.2 Å². The molecule has 0 saturated carbocycles. The van der Waals surface area contributed by atoms with Crippen LogP contribution in [0.2, 0.25) is 0 Å². The maximum absolute atomic E-state index is 12.5. The van der Waals surface area contributed by atoms with Crippen molar-refractivity contribution in [2.45, 2.75) is 44.6 Å². The van der Waals surface area contributed by atoms with Gasteiger partial charge in [-0.1, -0.05) is 12.1 Å². The van der Waals surface area contributed by atoms with Gasteiger partial charge in [-0.15, -0.1) is 0 Å². The minimum Gasteiger partial charge on any atom is -0.497 e. The second-order valence-corrected chi connectivity index (χ2v) is 6.73. The lowest BCUT2D eigenvalue weighted by Crippen LogP contribution is -2.50. The molecule has 0 radical (unpaired) electrons. The highest BCUT2D eigenvalue weighted by Crippen LogP contribution is 2.47. The highest BCUT2D eigenvalue weighted by molar-refractivity contribution is 5.77. The van der Waals surface area contributed by atoms with E-state index in [1.165, 1.54) is 0 Å². The fourth-order valence-corrected chi connectivity index (χ4v) is 3.62. The summed E-state index contributed by atoms with van der Waals surface area (Å²) in [4.78, 5) is 12.5. The molecule has 24 heavy (non-hydrogen) atoms. The first kappa shape index (κ1) is 18.3. The van der Waals surface area contributed by atoms with Gasteiger partial charge in [-0.05, 0) is 51.3 Å². The third kappa shape index (κ3) is 3.54. The van der Waals surface area contributed by atoms with E-state index in [0.29, 0.717) is 19.4 Å². The molecule has 0 aliphatic carbocycles. The number of hydrogen-bond donors (Lipinski definition) is 0. The molecule has 0 unspecified atom stereocenters. The summed E-state index contributed by atoms with van der Waals surface area (Å²) in [5.74, 6) is -0.590. The summed E-state index contributed by atoms with van der Waals surface area (Å²) in [5.41, 5.74) is -0.103. The Kier molecular flexibility index (Phi) is 5.51. The second-order valence-electron chi connectivity index (χ2n) is 6.73. The normalized spacial score (nSPS) is 23.8. The van der Waals surface area contributed by atoms with E-state index in [1.54, 1.807) is 14.0 Å². The van der Waals surface area contributed by atoms with E-state index in [2.05, 4.69) is 6.07 Å². The molecule has 1 aromatic carbocycles. The van der Waals surface area contributed by atoms with Gasteiger partial charge in [0.1, 0.15) is 5.75 Å². The van der Waals surface area contributed by atoms with Crippen molar-refractivity contribution in [3.8, 4) is 11.8 Å². The van der Waals surface area contributed by atoms with E-state index in [-0.39, 0.29) is 6.61 Å². The van der Waals surface area contributed by atoms with Gasteiger partial charge in [-0.3, -0.25) is 4.79 Å². The molecule has 1 fully saturated rings. The molecule has 1 aliphatic rings. The summed E-state index contributed by atoms with van der Waals surface area (Å²) in [6, 6.07) is 9.79. The van der Waals surface area contributed by atoms with Crippen LogP contribution in [0.3, 0.4) is 0 Å². The molecule has 1 aliphatic heterocycles.